The van der Waals surface area contributed by atoms with Crippen LogP contribution in [-0.2, 0) is 24.1 Å². The van der Waals surface area contributed by atoms with Gasteiger partial charge in [-0.3, -0.25) is 9.69 Å². The summed E-state index contributed by atoms with van der Waals surface area (Å²) < 4.78 is 27.0. The van der Waals surface area contributed by atoms with Crippen LogP contribution in [0.2, 0.25) is 0 Å². The largest absolute Gasteiger partial charge is 0.368 e. The zero-order chi connectivity index (χ0) is 19.0. The molecule has 2 aromatic carbocycles. The molecule has 27 heavy (non-hydrogen) atoms. The van der Waals surface area contributed by atoms with Gasteiger partial charge >= 0.3 is 0 Å². The molecule has 1 heterocycles. The number of rotatable bonds is 4. The lowest BCUT2D eigenvalue weighted by molar-refractivity contribution is -0.130. The fraction of sp³-hybridized carbons (Fsp3) is 0.381. The van der Waals surface area contributed by atoms with Crippen molar-refractivity contribution in [2.75, 3.05) is 19.6 Å². The van der Waals surface area contributed by atoms with Gasteiger partial charge in [0, 0.05) is 44.6 Å². The number of nitrogens with two attached hydrogens (primary N) is 1. The quantitative estimate of drug-likeness (QED) is 0.862. The predicted molar refractivity (Wildman–Crippen MR) is 99.2 cm³/mol. The van der Waals surface area contributed by atoms with Crippen molar-refractivity contribution in [1.82, 2.24) is 10.2 Å². The van der Waals surface area contributed by atoms with Gasteiger partial charge in [0.2, 0.25) is 5.91 Å². The lowest BCUT2D eigenvalue weighted by Gasteiger charge is -2.44. The van der Waals surface area contributed by atoms with Crippen molar-refractivity contribution in [3.05, 3.63) is 70.8 Å². The maximum Gasteiger partial charge on any atom is 0.238 e. The van der Waals surface area contributed by atoms with E-state index in [1.54, 1.807) is 0 Å². The van der Waals surface area contributed by atoms with Crippen LogP contribution in [0.25, 0.3) is 0 Å². The van der Waals surface area contributed by atoms with Gasteiger partial charge in [-0.2, -0.15) is 0 Å². The first-order chi connectivity index (χ1) is 13.0. The molecule has 1 amide bonds. The number of carbonyl (C=O) groups excluding carboxylic acids is 1. The maximum absolute atomic E-state index is 13.5. The van der Waals surface area contributed by atoms with Crippen LogP contribution < -0.4 is 11.1 Å². The molecule has 1 atom stereocenters. The van der Waals surface area contributed by atoms with Crippen LogP contribution in [0.3, 0.4) is 0 Å². The molecule has 4 rings (SSSR count). The monoisotopic (exact) mass is 371 g/mol. The Labute approximate surface area is 157 Å². The molecule has 142 valence electrons. The minimum absolute atomic E-state index is 0.000104. The van der Waals surface area contributed by atoms with E-state index < -0.39 is 17.2 Å². The van der Waals surface area contributed by atoms with E-state index in [0.29, 0.717) is 44.5 Å². The van der Waals surface area contributed by atoms with Crippen LogP contribution in [-0.4, -0.2) is 42.0 Å². The smallest absolute Gasteiger partial charge is 0.238 e. The van der Waals surface area contributed by atoms with Gasteiger partial charge < -0.3 is 11.1 Å². The van der Waals surface area contributed by atoms with Crippen LogP contribution in [0.5, 0.6) is 0 Å². The molecule has 0 bridgehead atoms. The lowest BCUT2D eigenvalue weighted by atomic mass is 9.90. The third-order valence-corrected chi connectivity index (χ3v) is 5.81. The Hall–Kier alpha value is -2.31. The Balaban J connectivity index is 1.54. The first-order valence-corrected chi connectivity index (χ1v) is 9.26. The molecule has 1 fully saturated rings. The molecule has 2 aromatic rings. The van der Waals surface area contributed by atoms with Gasteiger partial charge in [-0.15, -0.1) is 0 Å². The molecular formula is C21H23F2N3O. The Kier molecular flexibility index (Phi) is 4.70. The van der Waals surface area contributed by atoms with Crippen molar-refractivity contribution in [2.45, 2.75) is 30.8 Å². The average Bonchev–Trinajstić information content (AvgIpc) is 3.02. The minimum atomic E-state index is -0.725. The first-order valence-electron chi connectivity index (χ1n) is 9.26. The van der Waals surface area contributed by atoms with Crippen LogP contribution in [0.1, 0.15) is 16.7 Å². The maximum atomic E-state index is 13.5. The molecule has 4 nitrogen and oxygen atoms in total. The number of nitrogens with zero attached hydrogens (tertiary/aromatic N) is 1. The molecule has 0 spiro atoms. The average molecular weight is 371 g/mol. The van der Waals surface area contributed by atoms with Gasteiger partial charge in [0.15, 0.2) is 0 Å². The molecule has 0 radical (unpaired) electrons. The van der Waals surface area contributed by atoms with Gasteiger partial charge in [0.05, 0.1) is 0 Å². The second-order valence-electron chi connectivity index (χ2n) is 7.60. The molecule has 1 aliphatic heterocycles. The molecule has 3 N–H and O–H groups in total. The topological polar surface area (TPSA) is 58.4 Å². The Morgan fingerprint density at radius 1 is 1.15 bits per heavy atom. The van der Waals surface area contributed by atoms with E-state index in [1.807, 2.05) is 12.1 Å². The van der Waals surface area contributed by atoms with E-state index in [4.69, 9.17) is 5.73 Å². The number of halogens is 2. The summed E-state index contributed by atoms with van der Waals surface area (Å²) in [6.07, 6.45) is 1.71. The van der Waals surface area contributed by atoms with E-state index in [1.165, 1.54) is 23.3 Å². The molecule has 6 heteroatoms. The zero-order valence-electron chi connectivity index (χ0n) is 15.1. The number of fused-ring (bicyclic) bond motifs is 1. The summed E-state index contributed by atoms with van der Waals surface area (Å²) in [4.78, 5) is 14.7. The van der Waals surface area contributed by atoms with Crippen LogP contribution >= 0.6 is 0 Å². The second kappa shape index (κ2) is 7.02. The Bertz CT molecular complexity index is 825. The highest BCUT2D eigenvalue weighted by Gasteiger charge is 2.48. The summed E-state index contributed by atoms with van der Waals surface area (Å²) in [6, 6.07) is 11.7. The van der Waals surface area contributed by atoms with E-state index in [-0.39, 0.29) is 11.9 Å². The number of nitrogens with one attached hydrogen (secondary N) is 1. The van der Waals surface area contributed by atoms with Crippen molar-refractivity contribution in [1.29, 1.82) is 0 Å². The van der Waals surface area contributed by atoms with E-state index in [0.717, 1.165) is 6.07 Å². The van der Waals surface area contributed by atoms with Gasteiger partial charge in [0.1, 0.15) is 17.2 Å². The fourth-order valence-electron chi connectivity index (χ4n) is 4.51. The number of hydrogen-bond acceptors (Lipinski definition) is 3. The van der Waals surface area contributed by atoms with Crippen LogP contribution in [0.15, 0.2) is 42.5 Å². The molecule has 0 saturated carbocycles. The van der Waals surface area contributed by atoms with Gasteiger partial charge in [-0.1, -0.05) is 24.3 Å². The fourth-order valence-corrected chi connectivity index (χ4v) is 4.51. The number of benzene rings is 2. The van der Waals surface area contributed by atoms with E-state index in [2.05, 4.69) is 22.3 Å². The standard InChI is InChI=1S/C21H23F2N3O/c22-17-7-14(8-18(23)10-17)9-19-13-26(6-5-25-19)21(20(24)27)11-15-3-1-2-4-16(15)12-21/h1-4,7-8,10,19,25H,5-6,9,11-13H2,(H2,24,27). The highest BCUT2D eigenvalue weighted by atomic mass is 19.1. The van der Waals surface area contributed by atoms with Crippen LogP contribution in [0, 0.1) is 11.6 Å². The highest BCUT2D eigenvalue weighted by Crippen LogP contribution is 2.35. The number of amides is 1. The van der Waals surface area contributed by atoms with Gasteiger partial charge in [0.25, 0.3) is 0 Å². The third-order valence-electron chi connectivity index (χ3n) is 5.81. The van der Waals surface area contributed by atoms with Crippen molar-refractivity contribution in [3.63, 3.8) is 0 Å². The summed E-state index contributed by atoms with van der Waals surface area (Å²) in [5, 5.41) is 3.40. The second-order valence-corrected chi connectivity index (χ2v) is 7.60. The van der Waals surface area contributed by atoms with Crippen LogP contribution in [0.4, 0.5) is 8.78 Å². The SMILES string of the molecule is NC(=O)C1(N2CCNC(Cc3cc(F)cc(F)c3)C2)Cc2ccccc2C1. The first kappa shape index (κ1) is 18.1. The Morgan fingerprint density at radius 2 is 1.78 bits per heavy atom. The lowest BCUT2D eigenvalue weighted by Crippen LogP contribution is -2.65. The summed E-state index contributed by atoms with van der Waals surface area (Å²) in [5.74, 6) is -1.45. The summed E-state index contributed by atoms with van der Waals surface area (Å²) in [5.41, 5.74) is 8.09. The minimum Gasteiger partial charge on any atom is -0.368 e. The molecule has 1 saturated heterocycles. The van der Waals surface area contributed by atoms with Crippen molar-refractivity contribution >= 4 is 5.91 Å². The van der Waals surface area contributed by atoms with Crippen molar-refractivity contribution in [2.24, 2.45) is 5.73 Å². The molecule has 1 unspecified atom stereocenters. The predicted octanol–water partition coefficient (Wildman–Crippen LogP) is 1.80. The van der Waals surface area contributed by atoms with E-state index >= 15 is 0 Å². The molecular weight excluding hydrogens is 348 g/mol. The van der Waals surface area contributed by atoms with Crippen molar-refractivity contribution in [3.8, 4) is 0 Å². The summed E-state index contributed by atoms with van der Waals surface area (Å²) >= 11 is 0. The van der Waals surface area contributed by atoms with E-state index in [9.17, 15) is 13.6 Å². The number of carbonyl (C=O) groups is 1. The van der Waals surface area contributed by atoms with Gasteiger partial charge in [-0.05, 0) is 35.2 Å². The number of primary amides is 1. The van der Waals surface area contributed by atoms with Crippen molar-refractivity contribution < 1.29 is 13.6 Å². The highest BCUT2D eigenvalue weighted by molar-refractivity contribution is 5.86. The normalized spacial score (nSPS) is 21.8. The summed E-state index contributed by atoms with van der Waals surface area (Å²) in [7, 11) is 0. The third kappa shape index (κ3) is 3.47. The Morgan fingerprint density at radius 3 is 2.37 bits per heavy atom. The van der Waals surface area contributed by atoms with Gasteiger partial charge in [-0.25, -0.2) is 8.78 Å². The molecule has 0 aromatic heterocycles. The molecule has 2 aliphatic rings. The number of hydrogen-bond donors (Lipinski definition) is 2. The zero-order valence-corrected chi connectivity index (χ0v) is 15.1. The molecule has 1 aliphatic carbocycles. The summed E-state index contributed by atoms with van der Waals surface area (Å²) in [6.45, 7) is 2.02. The number of piperazine rings is 1.